The highest BCUT2D eigenvalue weighted by Crippen LogP contribution is 2.10. The molecule has 7 nitrogen and oxygen atoms in total. The third-order valence-corrected chi connectivity index (χ3v) is 3.91. The molecule has 0 bridgehead atoms. The first-order valence-electron chi connectivity index (χ1n) is 8.49. The number of nitrogens with zero attached hydrogens (tertiary/aromatic N) is 4. The van der Waals surface area contributed by atoms with E-state index in [1.807, 2.05) is 63.2 Å². The molecule has 0 atom stereocenters. The molecule has 0 aliphatic rings. The van der Waals surface area contributed by atoms with Crippen LogP contribution in [0.4, 0.5) is 5.82 Å². The van der Waals surface area contributed by atoms with Crippen molar-refractivity contribution in [2.45, 2.75) is 20.8 Å². The summed E-state index contributed by atoms with van der Waals surface area (Å²) in [6.45, 7) is 6.97. The number of nitrogens with one attached hydrogen (secondary N) is 2. The quantitative estimate of drug-likeness (QED) is 0.667. The maximum atomic E-state index is 12.0. The standard InChI is InChI=1S/C19H22N6O/c1-13-4-6-16(7-5-13)19(26)21-11-10-20-17-8-9-18(23-22-17)25-15(3)12-14(2)24-25/h4-9,12H,10-11H2,1-3H3,(H,20,22)(H,21,26). The molecule has 0 spiro atoms. The van der Waals surface area contributed by atoms with Crippen molar-refractivity contribution in [2.75, 3.05) is 18.4 Å². The average Bonchev–Trinajstić information content (AvgIpc) is 2.98. The summed E-state index contributed by atoms with van der Waals surface area (Å²) in [5.74, 6) is 1.24. The lowest BCUT2D eigenvalue weighted by molar-refractivity contribution is 0.0955. The number of carbonyl (C=O) groups is 1. The van der Waals surface area contributed by atoms with Crippen molar-refractivity contribution in [3.63, 3.8) is 0 Å². The molecule has 2 heterocycles. The van der Waals surface area contributed by atoms with Crippen LogP contribution in [-0.2, 0) is 0 Å². The van der Waals surface area contributed by atoms with Crippen LogP contribution in [0.25, 0.3) is 5.82 Å². The molecular formula is C19H22N6O. The van der Waals surface area contributed by atoms with Crippen LogP contribution in [0.3, 0.4) is 0 Å². The van der Waals surface area contributed by atoms with Crippen molar-refractivity contribution in [3.05, 3.63) is 65.0 Å². The summed E-state index contributed by atoms with van der Waals surface area (Å²) in [5.41, 5.74) is 3.74. The molecule has 2 aromatic heterocycles. The van der Waals surface area contributed by atoms with Crippen LogP contribution in [0, 0.1) is 20.8 Å². The predicted molar refractivity (Wildman–Crippen MR) is 101 cm³/mol. The Bertz CT molecular complexity index is 883. The first-order valence-corrected chi connectivity index (χ1v) is 8.49. The molecule has 0 unspecified atom stereocenters. The Labute approximate surface area is 152 Å². The SMILES string of the molecule is Cc1ccc(C(=O)NCCNc2ccc(-n3nc(C)cc3C)nn2)cc1. The van der Waals surface area contributed by atoms with E-state index in [9.17, 15) is 4.79 Å². The van der Waals surface area contributed by atoms with E-state index in [1.165, 1.54) is 0 Å². The molecule has 7 heteroatoms. The highest BCUT2D eigenvalue weighted by Gasteiger charge is 2.06. The van der Waals surface area contributed by atoms with Crippen LogP contribution in [-0.4, -0.2) is 39.0 Å². The van der Waals surface area contributed by atoms with E-state index >= 15 is 0 Å². The van der Waals surface area contributed by atoms with Crippen molar-refractivity contribution in [3.8, 4) is 5.82 Å². The second-order valence-corrected chi connectivity index (χ2v) is 6.16. The van der Waals surface area contributed by atoms with Crippen LogP contribution in [0.5, 0.6) is 0 Å². The zero-order valence-corrected chi connectivity index (χ0v) is 15.2. The molecule has 26 heavy (non-hydrogen) atoms. The lowest BCUT2D eigenvalue weighted by atomic mass is 10.1. The van der Waals surface area contributed by atoms with Crippen LogP contribution in [0.15, 0.2) is 42.5 Å². The number of benzene rings is 1. The van der Waals surface area contributed by atoms with E-state index in [0.29, 0.717) is 30.3 Å². The number of anilines is 1. The van der Waals surface area contributed by atoms with Crippen LogP contribution in [0.2, 0.25) is 0 Å². The number of aromatic nitrogens is 4. The van der Waals surface area contributed by atoms with Gasteiger partial charge in [-0.3, -0.25) is 4.79 Å². The summed E-state index contributed by atoms with van der Waals surface area (Å²) in [4.78, 5) is 12.0. The van der Waals surface area contributed by atoms with Crippen molar-refractivity contribution in [2.24, 2.45) is 0 Å². The highest BCUT2D eigenvalue weighted by molar-refractivity contribution is 5.94. The predicted octanol–water partition coefficient (Wildman–Crippen LogP) is 2.43. The van der Waals surface area contributed by atoms with Gasteiger partial charge in [0.2, 0.25) is 0 Å². The first-order chi connectivity index (χ1) is 12.5. The van der Waals surface area contributed by atoms with Gasteiger partial charge in [0.15, 0.2) is 5.82 Å². The fourth-order valence-electron chi connectivity index (χ4n) is 2.57. The third kappa shape index (κ3) is 4.24. The molecule has 3 aromatic rings. The number of rotatable bonds is 6. The fraction of sp³-hybridized carbons (Fsp3) is 0.263. The lowest BCUT2D eigenvalue weighted by Gasteiger charge is -2.08. The second-order valence-electron chi connectivity index (χ2n) is 6.16. The Kier molecular flexibility index (Phi) is 5.26. The molecule has 0 radical (unpaired) electrons. The van der Waals surface area contributed by atoms with Gasteiger partial charge in [-0.2, -0.15) is 5.10 Å². The van der Waals surface area contributed by atoms with E-state index in [-0.39, 0.29) is 5.91 Å². The average molecular weight is 350 g/mol. The highest BCUT2D eigenvalue weighted by atomic mass is 16.1. The molecule has 134 valence electrons. The maximum absolute atomic E-state index is 12.0. The number of hydrogen-bond donors (Lipinski definition) is 2. The molecule has 1 aromatic carbocycles. The minimum absolute atomic E-state index is 0.0854. The number of carbonyl (C=O) groups excluding carboxylic acids is 1. The number of aryl methyl sites for hydroxylation is 3. The summed E-state index contributed by atoms with van der Waals surface area (Å²) in [6, 6.07) is 13.2. The van der Waals surface area contributed by atoms with Gasteiger partial charge in [-0.1, -0.05) is 17.7 Å². The van der Waals surface area contributed by atoms with E-state index < -0.39 is 0 Å². The van der Waals surface area contributed by atoms with E-state index in [2.05, 4.69) is 25.9 Å². The number of amides is 1. The molecule has 0 fully saturated rings. The smallest absolute Gasteiger partial charge is 0.251 e. The van der Waals surface area contributed by atoms with Gasteiger partial charge in [-0.05, 0) is 51.1 Å². The van der Waals surface area contributed by atoms with Crippen molar-refractivity contribution in [1.29, 1.82) is 0 Å². The van der Waals surface area contributed by atoms with Crippen molar-refractivity contribution in [1.82, 2.24) is 25.3 Å². The summed E-state index contributed by atoms with van der Waals surface area (Å²) in [6.07, 6.45) is 0. The maximum Gasteiger partial charge on any atom is 0.251 e. The van der Waals surface area contributed by atoms with E-state index in [4.69, 9.17) is 0 Å². The van der Waals surface area contributed by atoms with Gasteiger partial charge < -0.3 is 10.6 Å². The Hall–Kier alpha value is -3.22. The molecular weight excluding hydrogens is 328 g/mol. The van der Waals surface area contributed by atoms with Crippen LogP contribution >= 0.6 is 0 Å². The summed E-state index contributed by atoms with van der Waals surface area (Å²) < 4.78 is 1.76. The molecule has 2 N–H and O–H groups in total. The largest absolute Gasteiger partial charge is 0.367 e. The lowest BCUT2D eigenvalue weighted by Crippen LogP contribution is -2.28. The summed E-state index contributed by atoms with van der Waals surface area (Å²) >= 11 is 0. The molecule has 0 saturated heterocycles. The Morgan fingerprint density at radius 1 is 1.00 bits per heavy atom. The monoisotopic (exact) mass is 350 g/mol. The minimum atomic E-state index is -0.0854. The van der Waals surface area contributed by atoms with Gasteiger partial charge >= 0.3 is 0 Å². The van der Waals surface area contributed by atoms with Crippen LogP contribution < -0.4 is 10.6 Å². The molecule has 0 aliphatic carbocycles. The Balaban J connectivity index is 1.48. The van der Waals surface area contributed by atoms with Gasteiger partial charge in [0.25, 0.3) is 5.91 Å². The van der Waals surface area contributed by atoms with E-state index in [1.54, 1.807) is 4.68 Å². The van der Waals surface area contributed by atoms with Crippen molar-refractivity contribution < 1.29 is 4.79 Å². The van der Waals surface area contributed by atoms with Gasteiger partial charge in [-0.25, -0.2) is 4.68 Å². The Morgan fingerprint density at radius 2 is 1.77 bits per heavy atom. The van der Waals surface area contributed by atoms with Crippen molar-refractivity contribution >= 4 is 11.7 Å². The fourth-order valence-corrected chi connectivity index (χ4v) is 2.57. The second kappa shape index (κ2) is 7.77. The van der Waals surface area contributed by atoms with Gasteiger partial charge in [0.05, 0.1) is 5.69 Å². The molecule has 3 rings (SSSR count). The number of hydrogen-bond acceptors (Lipinski definition) is 5. The third-order valence-electron chi connectivity index (χ3n) is 3.91. The zero-order chi connectivity index (χ0) is 18.5. The van der Waals surface area contributed by atoms with Gasteiger partial charge in [0.1, 0.15) is 5.82 Å². The van der Waals surface area contributed by atoms with E-state index in [0.717, 1.165) is 17.0 Å². The van der Waals surface area contributed by atoms with Crippen LogP contribution in [0.1, 0.15) is 27.3 Å². The topological polar surface area (TPSA) is 84.7 Å². The molecule has 0 aliphatic heterocycles. The van der Waals surface area contributed by atoms with Gasteiger partial charge in [-0.15, -0.1) is 10.2 Å². The minimum Gasteiger partial charge on any atom is -0.367 e. The summed E-state index contributed by atoms with van der Waals surface area (Å²) in [5, 5.41) is 18.7. The zero-order valence-electron chi connectivity index (χ0n) is 15.2. The molecule has 0 saturated carbocycles. The first kappa shape index (κ1) is 17.6. The normalized spacial score (nSPS) is 10.6. The Morgan fingerprint density at radius 3 is 2.38 bits per heavy atom. The molecule has 1 amide bonds. The van der Waals surface area contributed by atoms with Gasteiger partial charge in [0, 0.05) is 24.3 Å². The summed E-state index contributed by atoms with van der Waals surface area (Å²) in [7, 11) is 0.